The number of nitrogen functional groups attached to an aromatic ring is 1. The van der Waals surface area contributed by atoms with Gasteiger partial charge in [-0.2, -0.15) is 0 Å². The average Bonchev–Trinajstić information content (AvgIpc) is 2.42. The molecule has 4 nitrogen and oxygen atoms in total. The fourth-order valence-electron chi connectivity index (χ4n) is 1.70. The van der Waals surface area contributed by atoms with Crippen molar-refractivity contribution < 1.29 is 14.6 Å². The predicted molar refractivity (Wildman–Crippen MR) is 72.8 cm³/mol. The van der Waals surface area contributed by atoms with Gasteiger partial charge in [0.25, 0.3) is 0 Å². The molecule has 2 aromatic rings. The lowest BCUT2D eigenvalue weighted by Crippen LogP contribution is -2.09. The number of carbonyl (C=O) groups excluding carboxylic acids is 1. The van der Waals surface area contributed by atoms with E-state index in [1.54, 1.807) is 6.92 Å². The van der Waals surface area contributed by atoms with Crippen LogP contribution in [0.1, 0.15) is 28.9 Å². The van der Waals surface area contributed by atoms with E-state index in [0.29, 0.717) is 5.56 Å². The van der Waals surface area contributed by atoms with Gasteiger partial charge in [-0.05, 0) is 30.7 Å². The van der Waals surface area contributed by atoms with Crippen LogP contribution in [0.4, 0.5) is 5.69 Å². The first-order valence-electron chi connectivity index (χ1n) is 5.92. The van der Waals surface area contributed by atoms with Crippen LogP contribution in [-0.2, 0) is 4.74 Å². The van der Waals surface area contributed by atoms with E-state index in [-0.39, 0.29) is 17.5 Å². The van der Waals surface area contributed by atoms with E-state index in [2.05, 4.69) is 0 Å². The highest BCUT2D eigenvalue weighted by atomic mass is 16.5. The van der Waals surface area contributed by atoms with Crippen LogP contribution in [0.2, 0.25) is 0 Å². The number of anilines is 1. The van der Waals surface area contributed by atoms with Crippen molar-refractivity contribution in [3.8, 4) is 5.75 Å². The molecule has 0 saturated heterocycles. The van der Waals surface area contributed by atoms with E-state index in [1.165, 1.54) is 18.2 Å². The molecule has 1 atom stereocenters. The number of rotatable bonds is 3. The summed E-state index contributed by atoms with van der Waals surface area (Å²) in [5, 5.41) is 9.31. The fourth-order valence-corrected chi connectivity index (χ4v) is 1.70. The molecular formula is C15H15NO3. The number of hydrogen-bond acceptors (Lipinski definition) is 4. The number of benzene rings is 2. The van der Waals surface area contributed by atoms with E-state index >= 15 is 0 Å². The van der Waals surface area contributed by atoms with Crippen LogP contribution >= 0.6 is 0 Å². The van der Waals surface area contributed by atoms with Gasteiger partial charge in [0, 0.05) is 0 Å². The second-order valence-corrected chi connectivity index (χ2v) is 4.23. The molecule has 2 rings (SSSR count). The maximum Gasteiger partial charge on any atom is 0.338 e. The number of phenols is 1. The summed E-state index contributed by atoms with van der Waals surface area (Å²) in [7, 11) is 0. The van der Waals surface area contributed by atoms with Gasteiger partial charge in [0.05, 0.1) is 11.3 Å². The summed E-state index contributed by atoms with van der Waals surface area (Å²) in [5.41, 5.74) is 6.93. The summed E-state index contributed by atoms with van der Waals surface area (Å²) < 4.78 is 5.34. The summed E-state index contributed by atoms with van der Waals surface area (Å²) >= 11 is 0. The van der Waals surface area contributed by atoms with Gasteiger partial charge < -0.3 is 15.6 Å². The number of nitrogens with two attached hydrogens (primary N) is 1. The number of carbonyl (C=O) groups is 1. The van der Waals surface area contributed by atoms with Gasteiger partial charge in [0.2, 0.25) is 0 Å². The molecule has 0 aliphatic rings. The van der Waals surface area contributed by atoms with Gasteiger partial charge in [0.15, 0.2) is 0 Å². The zero-order valence-corrected chi connectivity index (χ0v) is 10.5. The van der Waals surface area contributed by atoms with Crippen LogP contribution in [0.25, 0.3) is 0 Å². The summed E-state index contributed by atoms with van der Waals surface area (Å²) in [4.78, 5) is 11.9. The van der Waals surface area contributed by atoms with Gasteiger partial charge >= 0.3 is 5.97 Å². The van der Waals surface area contributed by atoms with Crippen molar-refractivity contribution in [2.24, 2.45) is 0 Å². The minimum atomic E-state index is -0.469. The van der Waals surface area contributed by atoms with E-state index in [9.17, 15) is 9.90 Å². The number of phenolic OH excluding ortho intramolecular Hbond substituents is 1. The molecule has 0 aliphatic heterocycles. The zero-order valence-electron chi connectivity index (χ0n) is 10.5. The van der Waals surface area contributed by atoms with Crippen molar-refractivity contribution >= 4 is 11.7 Å². The molecule has 0 aliphatic carbocycles. The SMILES string of the molecule is CC(OC(=O)c1ccc(O)c(N)c1)c1ccccc1. The lowest BCUT2D eigenvalue weighted by Gasteiger charge is -2.13. The molecule has 4 heteroatoms. The van der Waals surface area contributed by atoms with Gasteiger partial charge in [-0.1, -0.05) is 30.3 Å². The Balaban J connectivity index is 2.11. The fraction of sp³-hybridized carbons (Fsp3) is 0.133. The minimum absolute atomic E-state index is 0.0485. The van der Waals surface area contributed by atoms with E-state index in [4.69, 9.17) is 10.5 Å². The van der Waals surface area contributed by atoms with Gasteiger partial charge in [0.1, 0.15) is 11.9 Å². The standard InChI is InChI=1S/C15H15NO3/c1-10(11-5-3-2-4-6-11)19-15(18)12-7-8-14(17)13(16)9-12/h2-10,17H,16H2,1H3. The maximum absolute atomic E-state index is 11.9. The number of hydrogen-bond donors (Lipinski definition) is 2. The molecule has 3 N–H and O–H groups in total. The highest BCUT2D eigenvalue weighted by Gasteiger charge is 2.14. The molecule has 98 valence electrons. The lowest BCUT2D eigenvalue weighted by molar-refractivity contribution is 0.0338. The van der Waals surface area contributed by atoms with Crippen molar-refractivity contribution in [3.63, 3.8) is 0 Å². The molecule has 2 aromatic carbocycles. The Labute approximate surface area is 111 Å². The quantitative estimate of drug-likeness (QED) is 0.504. The van der Waals surface area contributed by atoms with E-state index in [0.717, 1.165) is 5.56 Å². The second-order valence-electron chi connectivity index (χ2n) is 4.23. The lowest BCUT2D eigenvalue weighted by atomic mass is 10.1. The van der Waals surface area contributed by atoms with Gasteiger partial charge in [-0.15, -0.1) is 0 Å². The Morgan fingerprint density at radius 2 is 1.89 bits per heavy atom. The monoisotopic (exact) mass is 257 g/mol. The highest BCUT2D eigenvalue weighted by Crippen LogP contribution is 2.23. The smallest absolute Gasteiger partial charge is 0.338 e. The maximum atomic E-state index is 11.9. The Morgan fingerprint density at radius 1 is 1.21 bits per heavy atom. The Kier molecular flexibility index (Phi) is 3.71. The second kappa shape index (κ2) is 5.44. The third-order valence-corrected chi connectivity index (χ3v) is 2.82. The van der Waals surface area contributed by atoms with Crippen LogP contribution in [-0.4, -0.2) is 11.1 Å². The summed E-state index contributed by atoms with van der Waals surface area (Å²) in [6, 6.07) is 13.7. The Bertz CT molecular complexity index is 581. The summed E-state index contributed by atoms with van der Waals surface area (Å²) in [5.74, 6) is -0.518. The molecule has 0 heterocycles. The van der Waals surface area contributed by atoms with E-state index < -0.39 is 5.97 Å². The van der Waals surface area contributed by atoms with Crippen LogP contribution in [0.3, 0.4) is 0 Å². The molecular weight excluding hydrogens is 242 g/mol. The normalized spacial score (nSPS) is 11.8. The zero-order chi connectivity index (χ0) is 13.8. The first-order valence-corrected chi connectivity index (χ1v) is 5.92. The number of ether oxygens (including phenoxy) is 1. The van der Waals surface area contributed by atoms with Crippen LogP contribution in [0, 0.1) is 0 Å². The molecule has 0 radical (unpaired) electrons. The van der Waals surface area contributed by atoms with Crippen LogP contribution < -0.4 is 5.73 Å². The Morgan fingerprint density at radius 3 is 2.53 bits per heavy atom. The predicted octanol–water partition coefficient (Wildman–Crippen LogP) is 2.89. The molecule has 19 heavy (non-hydrogen) atoms. The van der Waals surface area contributed by atoms with Crippen molar-refractivity contribution in [2.45, 2.75) is 13.0 Å². The summed E-state index contributed by atoms with van der Waals surface area (Å²) in [6.07, 6.45) is -0.344. The largest absolute Gasteiger partial charge is 0.506 e. The number of aromatic hydroxyl groups is 1. The minimum Gasteiger partial charge on any atom is -0.506 e. The highest BCUT2D eigenvalue weighted by molar-refractivity contribution is 5.91. The van der Waals surface area contributed by atoms with Gasteiger partial charge in [-0.25, -0.2) is 4.79 Å². The number of esters is 1. The van der Waals surface area contributed by atoms with Gasteiger partial charge in [-0.3, -0.25) is 0 Å². The molecule has 0 amide bonds. The molecule has 1 unspecified atom stereocenters. The van der Waals surface area contributed by atoms with Crippen molar-refractivity contribution in [3.05, 3.63) is 59.7 Å². The molecule has 0 spiro atoms. The Hall–Kier alpha value is -2.49. The molecule has 0 saturated carbocycles. The van der Waals surface area contributed by atoms with Crippen molar-refractivity contribution in [2.75, 3.05) is 5.73 Å². The molecule has 0 bridgehead atoms. The average molecular weight is 257 g/mol. The van der Waals surface area contributed by atoms with Crippen LogP contribution in [0.15, 0.2) is 48.5 Å². The molecule has 0 fully saturated rings. The third kappa shape index (κ3) is 3.04. The first-order chi connectivity index (χ1) is 9.08. The first kappa shape index (κ1) is 13.0. The van der Waals surface area contributed by atoms with Crippen molar-refractivity contribution in [1.29, 1.82) is 0 Å². The third-order valence-electron chi connectivity index (χ3n) is 2.82. The topological polar surface area (TPSA) is 72.5 Å². The van der Waals surface area contributed by atoms with Crippen molar-refractivity contribution in [1.82, 2.24) is 0 Å². The van der Waals surface area contributed by atoms with E-state index in [1.807, 2.05) is 30.3 Å². The summed E-state index contributed by atoms with van der Waals surface area (Å²) in [6.45, 7) is 1.80. The van der Waals surface area contributed by atoms with Crippen LogP contribution in [0.5, 0.6) is 5.75 Å². The molecule has 0 aromatic heterocycles.